The van der Waals surface area contributed by atoms with E-state index < -0.39 is 0 Å². The lowest BCUT2D eigenvalue weighted by Gasteiger charge is -2.06. The number of anilines is 1. The predicted octanol–water partition coefficient (Wildman–Crippen LogP) is 5.73. The third-order valence-electron chi connectivity index (χ3n) is 3.43. The first-order chi connectivity index (χ1) is 11.6. The maximum atomic E-state index is 12.1. The zero-order valence-corrected chi connectivity index (χ0v) is 15.0. The molecule has 3 aromatic rings. The zero-order valence-electron chi connectivity index (χ0n) is 12.6. The lowest BCUT2D eigenvalue weighted by Crippen LogP contribution is -2.13. The lowest BCUT2D eigenvalue weighted by atomic mass is 10.1. The highest BCUT2D eigenvalue weighted by Gasteiger charge is 2.12. The molecular weight excluding hydrogens is 362 g/mol. The zero-order chi connectivity index (χ0) is 16.9. The molecule has 2 aromatic heterocycles. The number of nitrogens with one attached hydrogen (secondary N) is 1. The number of amides is 1. The smallest absolute Gasteiger partial charge is 0.224 e. The summed E-state index contributed by atoms with van der Waals surface area (Å²) in [5.74, 6) is -0.234. The van der Waals surface area contributed by atoms with Crippen molar-refractivity contribution in [2.24, 2.45) is 0 Å². The molecule has 2 heterocycles. The number of thiophene rings is 2. The van der Waals surface area contributed by atoms with Crippen molar-refractivity contribution in [1.82, 2.24) is 0 Å². The summed E-state index contributed by atoms with van der Waals surface area (Å²) in [6, 6.07) is 13.1. The van der Waals surface area contributed by atoms with Crippen LogP contribution >= 0.6 is 34.3 Å². The third kappa shape index (κ3) is 4.32. The molecule has 0 radical (unpaired) electrons. The summed E-state index contributed by atoms with van der Waals surface area (Å²) in [7, 11) is 0. The van der Waals surface area contributed by atoms with Crippen LogP contribution < -0.4 is 5.32 Å². The van der Waals surface area contributed by atoms with E-state index in [4.69, 9.17) is 11.6 Å². The average molecular weight is 376 g/mol. The van der Waals surface area contributed by atoms with Crippen LogP contribution in [-0.2, 0) is 4.79 Å². The first-order valence-electron chi connectivity index (χ1n) is 7.33. The second kappa shape index (κ2) is 7.75. The molecule has 0 bridgehead atoms. The minimum atomic E-state index is -0.173. The Bertz CT molecular complexity index is 856. The van der Waals surface area contributed by atoms with E-state index >= 15 is 0 Å². The fraction of sp³-hybridized carbons (Fsp3) is 0.111. The van der Waals surface area contributed by atoms with Crippen molar-refractivity contribution in [3.05, 3.63) is 62.4 Å². The van der Waals surface area contributed by atoms with E-state index in [1.807, 2.05) is 35.7 Å². The topological polar surface area (TPSA) is 46.2 Å². The quantitative estimate of drug-likeness (QED) is 0.559. The fourth-order valence-electron chi connectivity index (χ4n) is 2.24. The Morgan fingerprint density at radius 1 is 1.04 bits per heavy atom. The van der Waals surface area contributed by atoms with Crippen LogP contribution in [0.2, 0.25) is 4.34 Å². The molecule has 0 unspecified atom stereocenters. The Morgan fingerprint density at radius 3 is 2.62 bits per heavy atom. The summed E-state index contributed by atoms with van der Waals surface area (Å²) >= 11 is 8.69. The van der Waals surface area contributed by atoms with Crippen LogP contribution in [0, 0.1) is 0 Å². The summed E-state index contributed by atoms with van der Waals surface area (Å²) in [6.07, 6.45) is 0.323. The number of benzene rings is 1. The molecule has 3 rings (SSSR count). The Labute approximate surface area is 152 Å². The molecule has 0 saturated carbocycles. The summed E-state index contributed by atoms with van der Waals surface area (Å²) in [4.78, 5) is 24.7. The molecule has 3 nitrogen and oxygen atoms in total. The second-order valence-electron chi connectivity index (χ2n) is 5.17. The monoisotopic (exact) mass is 375 g/mol. The van der Waals surface area contributed by atoms with Gasteiger partial charge in [0, 0.05) is 18.5 Å². The molecule has 24 heavy (non-hydrogen) atoms. The average Bonchev–Trinajstić information content (AvgIpc) is 3.24. The van der Waals surface area contributed by atoms with Gasteiger partial charge in [-0.05, 0) is 52.2 Å². The highest BCUT2D eigenvalue weighted by atomic mass is 35.5. The van der Waals surface area contributed by atoms with E-state index in [0.717, 1.165) is 16.8 Å². The van der Waals surface area contributed by atoms with Gasteiger partial charge in [0.25, 0.3) is 0 Å². The van der Waals surface area contributed by atoms with Gasteiger partial charge in [0.1, 0.15) is 0 Å². The van der Waals surface area contributed by atoms with Crippen molar-refractivity contribution in [3.63, 3.8) is 0 Å². The van der Waals surface area contributed by atoms with Crippen molar-refractivity contribution < 1.29 is 9.59 Å². The SMILES string of the molecule is O=C(CCC(=O)c1ccc(Cl)s1)Nc1cccc(-c2ccsc2)c1. The van der Waals surface area contributed by atoms with Crippen LogP contribution in [0.3, 0.4) is 0 Å². The Kier molecular flexibility index (Phi) is 5.45. The standard InChI is InChI=1S/C18H14ClNO2S2/c19-17-6-5-16(24-17)15(21)4-7-18(22)20-14-3-1-2-12(10-14)13-8-9-23-11-13/h1-3,5-6,8-11H,4,7H2,(H,20,22). The van der Waals surface area contributed by atoms with Gasteiger partial charge in [-0.1, -0.05) is 23.7 Å². The summed E-state index contributed by atoms with van der Waals surface area (Å²) in [5, 5.41) is 6.92. The van der Waals surface area contributed by atoms with Gasteiger partial charge in [0.15, 0.2) is 5.78 Å². The highest BCUT2D eigenvalue weighted by molar-refractivity contribution is 7.18. The van der Waals surface area contributed by atoms with Gasteiger partial charge in [-0.3, -0.25) is 9.59 Å². The summed E-state index contributed by atoms with van der Waals surface area (Å²) < 4.78 is 0.577. The lowest BCUT2D eigenvalue weighted by molar-refractivity contribution is -0.116. The maximum absolute atomic E-state index is 12.1. The van der Waals surface area contributed by atoms with Crippen LogP contribution in [0.15, 0.2) is 53.2 Å². The van der Waals surface area contributed by atoms with E-state index in [1.165, 1.54) is 11.3 Å². The van der Waals surface area contributed by atoms with Crippen molar-refractivity contribution in [2.75, 3.05) is 5.32 Å². The minimum absolute atomic E-state index is 0.0610. The van der Waals surface area contributed by atoms with Crippen LogP contribution in [0.1, 0.15) is 22.5 Å². The highest BCUT2D eigenvalue weighted by Crippen LogP contribution is 2.25. The molecule has 6 heteroatoms. The largest absolute Gasteiger partial charge is 0.326 e. The molecule has 1 amide bonds. The van der Waals surface area contributed by atoms with Gasteiger partial charge in [0.05, 0.1) is 9.21 Å². The number of halogens is 1. The number of rotatable bonds is 6. The van der Waals surface area contributed by atoms with Crippen molar-refractivity contribution in [1.29, 1.82) is 0 Å². The van der Waals surface area contributed by atoms with Crippen molar-refractivity contribution in [2.45, 2.75) is 12.8 Å². The number of carbonyl (C=O) groups excluding carboxylic acids is 2. The molecule has 1 N–H and O–H groups in total. The first kappa shape index (κ1) is 16.9. The third-order valence-corrected chi connectivity index (χ3v) is 5.38. The van der Waals surface area contributed by atoms with Gasteiger partial charge in [0.2, 0.25) is 5.91 Å². The van der Waals surface area contributed by atoms with E-state index in [1.54, 1.807) is 23.5 Å². The van der Waals surface area contributed by atoms with Crippen LogP contribution in [-0.4, -0.2) is 11.7 Å². The molecule has 0 spiro atoms. The molecule has 0 fully saturated rings. The number of carbonyl (C=O) groups is 2. The van der Waals surface area contributed by atoms with Gasteiger partial charge >= 0.3 is 0 Å². The first-order valence-corrected chi connectivity index (χ1v) is 9.46. The normalized spacial score (nSPS) is 10.5. The maximum Gasteiger partial charge on any atom is 0.224 e. The molecule has 0 atom stereocenters. The van der Waals surface area contributed by atoms with Crippen molar-refractivity contribution >= 4 is 51.7 Å². The molecule has 0 saturated heterocycles. The summed E-state index contributed by atoms with van der Waals surface area (Å²) in [6.45, 7) is 0. The van der Waals surface area contributed by atoms with Crippen LogP contribution in [0.4, 0.5) is 5.69 Å². The number of hydrogen-bond donors (Lipinski definition) is 1. The predicted molar refractivity (Wildman–Crippen MR) is 101 cm³/mol. The number of ketones is 1. The number of hydrogen-bond acceptors (Lipinski definition) is 4. The molecule has 0 aliphatic heterocycles. The Hall–Kier alpha value is -1.95. The van der Waals surface area contributed by atoms with E-state index in [-0.39, 0.29) is 24.5 Å². The minimum Gasteiger partial charge on any atom is -0.326 e. The molecule has 122 valence electrons. The molecule has 0 aliphatic carbocycles. The van der Waals surface area contributed by atoms with Crippen LogP contribution in [0.25, 0.3) is 11.1 Å². The van der Waals surface area contributed by atoms with Gasteiger partial charge in [-0.15, -0.1) is 11.3 Å². The van der Waals surface area contributed by atoms with Crippen LogP contribution in [0.5, 0.6) is 0 Å². The van der Waals surface area contributed by atoms with Crippen molar-refractivity contribution in [3.8, 4) is 11.1 Å². The summed E-state index contributed by atoms with van der Waals surface area (Å²) in [5.41, 5.74) is 2.91. The van der Waals surface area contributed by atoms with E-state index in [0.29, 0.717) is 9.21 Å². The molecular formula is C18H14ClNO2S2. The molecule has 0 aliphatic rings. The number of Topliss-reactive ketones (excluding diaryl/α,β-unsaturated/α-hetero) is 1. The second-order valence-corrected chi connectivity index (χ2v) is 7.66. The van der Waals surface area contributed by atoms with Gasteiger partial charge < -0.3 is 5.32 Å². The molecule has 1 aromatic carbocycles. The Balaban J connectivity index is 1.57. The Morgan fingerprint density at radius 2 is 1.92 bits per heavy atom. The van der Waals surface area contributed by atoms with E-state index in [2.05, 4.69) is 10.7 Å². The van der Waals surface area contributed by atoms with E-state index in [9.17, 15) is 9.59 Å². The van der Waals surface area contributed by atoms with Gasteiger partial charge in [-0.25, -0.2) is 0 Å². The fourth-order valence-corrected chi connectivity index (χ4v) is 3.92. The van der Waals surface area contributed by atoms with Gasteiger partial charge in [-0.2, -0.15) is 11.3 Å².